The van der Waals surface area contributed by atoms with Gasteiger partial charge in [0.25, 0.3) is 6.43 Å². The van der Waals surface area contributed by atoms with Gasteiger partial charge in [-0.15, -0.1) is 0 Å². The van der Waals surface area contributed by atoms with Crippen LogP contribution in [0.15, 0.2) is 6.07 Å². The number of esters is 1. The Morgan fingerprint density at radius 1 is 1.60 bits per heavy atom. The van der Waals surface area contributed by atoms with Crippen molar-refractivity contribution >= 4 is 17.6 Å². The summed E-state index contributed by atoms with van der Waals surface area (Å²) < 4.78 is 29.1. The van der Waals surface area contributed by atoms with Crippen LogP contribution in [0.1, 0.15) is 28.0 Å². The average molecular weight is 236 g/mol. The minimum absolute atomic E-state index is 0.0172. The summed E-state index contributed by atoms with van der Waals surface area (Å²) in [4.78, 5) is 14.6. The molecule has 0 aromatic carbocycles. The third-order valence-corrected chi connectivity index (χ3v) is 2.08. The van der Waals surface area contributed by atoms with Crippen LogP contribution in [-0.4, -0.2) is 18.1 Å². The number of carbonyl (C=O) groups is 1. The maximum atomic E-state index is 12.3. The Labute approximate surface area is 90.0 Å². The highest BCUT2D eigenvalue weighted by Crippen LogP contribution is 2.24. The number of rotatable bonds is 2. The summed E-state index contributed by atoms with van der Waals surface area (Å²) in [6.07, 6.45) is -2.71. The summed E-state index contributed by atoms with van der Waals surface area (Å²) in [5.74, 6) is -0.689. The molecule has 0 saturated heterocycles. The highest BCUT2D eigenvalue weighted by Gasteiger charge is 2.19. The molecule has 0 saturated carbocycles. The first-order chi connectivity index (χ1) is 6.97. The highest BCUT2D eigenvalue weighted by molar-refractivity contribution is 6.32. The van der Waals surface area contributed by atoms with Gasteiger partial charge in [0.15, 0.2) is 0 Å². The molecule has 0 bridgehead atoms. The predicted molar refractivity (Wildman–Crippen MR) is 50.3 cm³/mol. The fourth-order valence-electron chi connectivity index (χ4n) is 1.12. The van der Waals surface area contributed by atoms with Crippen molar-refractivity contribution in [2.75, 3.05) is 7.11 Å². The molecule has 1 aromatic rings. The maximum Gasteiger partial charge on any atom is 0.341 e. The number of halogens is 3. The van der Waals surface area contributed by atoms with Crippen molar-refractivity contribution in [2.45, 2.75) is 13.3 Å². The summed E-state index contributed by atoms with van der Waals surface area (Å²) in [5, 5.41) is -0.267. The van der Waals surface area contributed by atoms with E-state index < -0.39 is 18.1 Å². The lowest BCUT2D eigenvalue weighted by Gasteiger charge is -2.07. The van der Waals surface area contributed by atoms with E-state index in [1.54, 1.807) is 0 Å². The molecule has 15 heavy (non-hydrogen) atoms. The Hall–Kier alpha value is -1.23. The number of nitrogens with zero attached hydrogens (tertiary/aromatic N) is 1. The first-order valence-electron chi connectivity index (χ1n) is 4.01. The van der Waals surface area contributed by atoms with Crippen molar-refractivity contribution in [1.29, 1.82) is 0 Å². The van der Waals surface area contributed by atoms with Gasteiger partial charge in [-0.3, -0.25) is 0 Å². The first kappa shape index (κ1) is 11.8. The number of aromatic nitrogens is 1. The molecule has 0 aliphatic rings. The molecule has 0 aliphatic carbocycles. The standard InChI is InChI=1S/C9H8ClF2NO2/c1-4-3-5(8(11)12)13-7(10)6(4)9(14)15-2/h3,8H,1-2H3. The van der Waals surface area contributed by atoms with Gasteiger partial charge in [0.1, 0.15) is 10.8 Å². The van der Waals surface area contributed by atoms with Crippen LogP contribution in [0.4, 0.5) is 8.78 Å². The average Bonchev–Trinajstić information content (AvgIpc) is 2.16. The van der Waals surface area contributed by atoms with Gasteiger partial charge in [-0.25, -0.2) is 18.6 Å². The van der Waals surface area contributed by atoms with Crippen molar-refractivity contribution in [1.82, 2.24) is 4.98 Å². The predicted octanol–water partition coefficient (Wildman–Crippen LogP) is 2.77. The van der Waals surface area contributed by atoms with Crippen molar-refractivity contribution in [2.24, 2.45) is 0 Å². The zero-order chi connectivity index (χ0) is 11.6. The monoisotopic (exact) mass is 235 g/mol. The Morgan fingerprint density at radius 2 is 2.20 bits per heavy atom. The van der Waals surface area contributed by atoms with Crippen molar-refractivity contribution in [3.63, 3.8) is 0 Å². The van der Waals surface area contributed by atoms with Gasteiger partial charge >= 0.3 is 5.97 Å². The Morgan fingerprint density at radius 3 is 2.60 bits per heavy atom. The van der Waals surface area contributed by atoms with Gasteiger partial charge in [0.05, 0.1) is 12.7 Å². The number of ether oxygens (including phenoxy) is 1. The molecule has 0 aliphatic heterocycles. The molecule has 0 spiro atoms. The van der Waals surface area contributed by atoms with Crippen LogP contribution < -0.4 is 0 Å². The number of methoxy groups -OCH3 is 1. The maximum absolute atomic E-state index is 12.3. The molecule has 0 N–H and O–H groups in total. The quantitative estimate of drug-likeness (QED) is 0.585. The van der Waals surface area contributed by atoms with Gasteiger partial charge in [-0.1, -0.05) is 11.6 Å². The summed E-state index contributed by atoms with van der Waals surface area (Å²) in [6, 6.07) is 1.11. The van der Waals surface area contributed by atoms with Gasteiger partial charge in [0, 0.05) is 0 Å². The van der Waals surface area contributed by atoms with Crippen LogP contribution in [0.2, 0.25) is 5.15 Å². The second-order valence-electron chi connectivity index (χ2n) is 2.82. The molecular weight excluding hydrogens is 228 g/mol. The van der Waals surface area contributed by atoms with Gasteiger partial charge in [-0.05, 0) is 18.6 Å². The molecule has 0 atom stereocenters. The van der Waals surface area contributed by atoms with E-state index in [4.69, 9.17) is 11.6 Å². The van der Waals surface area contributed by atoms with E-state index in [9.17, 15) is 13.6 Å². The molecule has 6 heteroatoms. The van der Waals surface area contributed by atoms with Gasteiger partial charge in [0.2, 0.25) is 0 Å². The van der Waals surface area contributed by atoms with E-state index in [0.717, 1.165) is 6.07 Å². The summed E-state index contributed by atoms with van der Waals surface area (Å²) in [5.41, 5.74) is -0.120. The normalized spacial score (nSPS) is 10.5. The molecule has 1 aromatic heterocycles. The Bertz CT molecular complexity index is 373. The van der Waals surface area contributed by atoms with Crippen molar-refractivity contribution < 1.29 is 18.3 Å². The van der Waals surface area contributed by atoms with Crippen LogP contribution >= 0.6 is 11.6 Å². The molecule has 0 amide bonds. The Balaban J connectivity index is 3.27. The summed E-state index contributed by atoms with van der Waals surface area (Å²) in [6.45, 7) is 1.49. The molecule has 1 heterocycles. The highest BCUT2D eigenvalue weighted by atomic mass is 35.5. The minimum atomic E-state index is -2.71. The van der Waals surface area contributed by atoms with E-state index in [0.29, 0.717) is 5.56 Å². The van der Waals surface area contributed by atoms with Crippen molar-refractivity contribution in [3.8, 4) is 0 Å². The summed E-state index contributed by atoms with van der Waals surface area (Å²) in [7, 11) is 1.18. The number of aryl methyl sites for hydroxylation is 1. The molecule has 1 rings (SSSR count). The smallest absolute Gasteiger partial charge is 0.341 e. The zero-order valence-corrected chi connectivity index (χ0v) is 8.81. The van der Waals surface area contributed by atoms with E-state index in [1.165, 1.54) is 14.0 Å². The lowest BCUT2D eigenvalue weighted by molar-refractivity contribution is 0.0599. The van der Waals surface area contributed by atoms with Crippen LogP contribution in [0.3, 0.4) is 0 Å². The third kappa shape index (κ3) is 2.41. The molecule has 0 unspecified atom stereocenters. The van der Waals surface area contributed by atoms with E-state index in [1.807, 2.05) is 0 Å². The number of hydrogen-bond acceptors (Lipinski definition) is 3. The number of hydrogen-bond donors (Lipinski definition) is 0. The van der Waals surface area contributed by atoms with Crippen LogP contribution in [0.25, 0.3) is 0 Å². The minimum Gasteiger partial charge on any atom is -0.465 e. The van der Waals surface area contributed by atoms with Crippen LogP contribution in [0, 0.1) is 6.92 Å². The SMILES string of the molecule is COC(=O)c1c(C)cc(C(F)F)nc1Cl. The molecule has 3 nitrogen and oxygen atoms in total. The Kier molecular flexibility index (Phi) is 3.57. The molecular formula is C9H8ClF2NO2. The topological polar surface area (TPSA) is 39.2 Å². The van der Waals surface area contributed by atoms with Crippen LogP contribution in [-0.2, 0) is 4.74 Å². The lowest BCUT2D eigenvalue weighted by Crippen LogP contribution is -2.07. The second kappa shape index (κ2) is 4.53. The fraction of sp³-hybridized carbons (Fsp3) is 0.333. The number of carbonyl (C=O) groups excluding carboxylic acids is 1. The summed E-state index contributed by atoms with van der Waals surface area (Å²) >= 11 is 5.61. The molecule has 0 radical (unpaired) electrons. The van der Waals surface area contributed by atoms with Crippen molar-refractivity contribution in [3.05, 3.63) is 28.0 Å². The van der Waals surface area contributed by atoms with Gasteiger partial charge in [-0.2, -0.15) is 0 Å². The number of alkyl halides is 2. The van der Waals surface area contributed by atoms with Gasteiger partial charge < -0.3 is 4.74 Å². The first-order valence-corrected chi connectivity index (χ1v) is 4.38. The molecule has 0 fully saturated rings. The van der Waals surface area contributed by atoms with E-state index in [-0.39, 0.29) is 10.7 Å². The number of pyridine rings is 1. The second-order valence-corrected chi connectivity index (χ2v) is 3.18. The third-order valence-electron chi connectivity index (χ3n) is 1.81. The zero-order valence-electron chi connectivity index (χ0n) is 8.05. The van der Waals surface area contributed by atoms with E-state index in [2.05, 4.69) is 9.72 Å². The van der Waals surface area contributed by atoms with E-state index >= 15 is 0 Å². The lowest BCUT2D eigenvalue weighted by atomic mass is 10.1. The fourth-order valence-corrected chi connectivity index (χ4v) is 1.44. The molecule has 82 valence electrons. The largest absolute Gasteiger partial charge is 0.465 e. The van der Waals surface area contributed by atoms with Crippen LogP contribution in [0.5, 0.6) is 0 Å².